The number of amides is 2. The number of hydrazone groups is 1. The predicted octanol–water partition coefficient (Wildman–Crippen LogP) is 0.0995. The van der Waals surface area contributed by atoms with Gasteiger partial charge in [0.25, 0.3) is 0 Å². The molecule has 0 aromatic rings. The lowest BCUT2D eigenvalue weighted by molar-refractivity contribution is 0.249. The molecule has 2 amide bonds. The van der Waals surface area contributed by atoms with Gasteiger partial charge in [0.2, 0.25) is 0 Å². The van der Waals surface area contributed by atoms with E-state index in [4.69, 9.17) is 16.4 Å². The van der Waals surface area contributed by atoms with Crippen LogP contribution >= 0.6 is 0 Å². The maximum atomic E-state index is 10.5. The summed E-state index contributed by atoms with van der Waals surface area (Å²) in [5.41, 5.74) is 5.17. The van der Waals surface area contributed by atoms with E-state index in [9.17, 15) is 15.3 Å². The molecular weight excluding hydrogens is 246 g/mol. The molecule has 0 spiro atoms. The standard InChI is InChI=1S/C11H11N7O/c1-6-7(3-17-18-10(16)19)9(15)8(2-12)11(6,4-13)5-14/h3,6-8,15H,1H3,(H3,16,18,19)/b15-9?,17-3-/t6-,7+,8?/m1/s1. The fourth-order valence-electron chi connectivity index (χ4n) is 2.17. The molecule has 3 atom stereocenters. The highest BCUT2D eigenvalue weighted by Crippen LogP contribution is 2.47. The number of carbonyl (C=O) groups is 1. The lowest BCUT2D eigenvalue weighted by atomic mass is 9.74. The van der Waals surface area contributed by atoms with Crippen molar-refractivity contribution >= 4 is 18.0 Å². The third-order valence-electron chi connectivity index (χ3n) is 3.29. The number of hydrogen-bond acceptors (Lipinski definition) is 6. The van der Waals surface area contributed by atoms with Gasteiger partial charge in [0, 0.05) is 23.8 Å². The van der Waals surface area contributed by atoms with Gasteiger partial charge in [-0.2, -0.15) is 20.9 Å². The second-order valence-electron chi connectivity index (χ2n) is 4.18. The molecule has 1 unspecified atom stereocenters. The Morgan fingerprint density at radius 2 is 2.11 bits per heavy atom. The van der Waals surface area contributed by atoms with E-state index < -0.39 is 29.2 Å². The van der Waals surface area contributed by atoms with Crippen molar-refractivity contribution in [3.8, 4) is 18.2 Å². The van der Waals surface area contributed by atoms with E-state index >= 15 is 0 Å². The molecule has 1 aliphatic rings. The maximum absolute atomic E-state index is 10.5. The third-order valence-corrected chi connectivity index (χ3v) is 3.29. The number of hydrogen-bond donors (Lipinski definition) is 3. The first-order valence-electron chi connectivity index (χ1n) is 5.33. The lowest BCUT2D eigenvalue weighted by Crippen LogP contribution is -2.29. The van der Waals surface area contributed by atoms with Crippen molar-refractivity contribution < 1.29 is 4.79 Å². The van der Waals surface area contributed by atoms with E-state index in [0.717, 1.165) is 0 Å². The predicted molar refractivity (Wildman–Crippen MR) is 64.4 cm³/mol. The molecule has 0 radical (unpaired) electrons. The molecule has 4 N–H and O–H groups in total. The summed E-state index contributed by atoms with van der Waals surface area (Å²) in [6.07, 6.45) is 1.22. The van der Waals surface area contributed by atoms with Gasteiger partial charge in [-0.3, -0.25) is 0 Å². The van der Waals surface area contributed by atoms with Crippen LogP contribution in [0.4, 0.5) is 4.79 Å². The minimum Gasteiger partial charge on any atom is -0.350 e. The summed E-state index contributed by atoms with van der Waals surface area (Å²) in [7, 11) is 0. The number of primary amides is 1. The Morgan fingerprint density at radius 1 is 1.53 bits per heavy atom. The number of nitrogens with zero attached hydrogens (tertiary/aromatic N) is 4. The molecule has 1 saturated carbocycles. The zero-order valence-electron chi connectivity index (χ0n) is 10.1. The van der Waals surface area contributed by atoms with Crippen LogP contribution in [0.15, 0.2) is 5.10 Å². The normalized spacial score (nSPS) is 28.3. The number of nitrogens with one attached hydrogen (secondary N) is 2. The molecule has 0 saturated heterocycles. The average molecular weight is 257 g/mol. The van der Waals surface area contributed by atoms with Crippen LogP contribution in [0, 0.1) is 62.6 Å². The largest absolute Gasteiger partial charge is 0.350 e. The van der Waals surface area contributed by atoms with Crippen molar-refractivity contribution in [3.05, 3.63) is 0 Å². The smallest absolute Gasteiger partial charge is 0.332 e. The fourth-order valence-corrected chi connectivity index (χ4v) is 2.17. The molecule has 0 aromatic carbocycles. The van der Waals surface area contributed by atoms with Gasteiger partial charge in [0.05, 0.1) is 18.2 Å². The van der Waals surface area contributed by atoms with Crippen LogP contribution in [-0.2, 0) is 0 Å². The molecule has 0 heterocycles. The van der Waals surface area contributed by atoms with Crippen LogP contribution < -0.4 is 11.2 Å². The van der Waals surface area contributed by atoms with E-state index in [-0.39, 0.29) is 5.71 Å². The highest BCUT2D eigenvalue weighted by molar-refractivity contribution is 6.03. The molecule has 1 rings (SSSR count). The van der Waals surface area contributed by atoms with Gasteiger partial charge in [0.1, 0.15) is 5.92 Å². The average Bonchev–Trinajstić information content (AvgIpc) is 2.58. The van der Waals surface area contributed by atoms with Crippen molar-refractivity contribution in [1.29, 1.82) is 21.2 Å². The molecular formula is C11H11N7O. The van der Waals surface area contributed by atoms with Gasteiger partial charge in [-0.1, -0.05) is 6.92 Å². The maximum Gasteiger partial charge on any atom is 0.332 e. The zero-order valence-corrected chi connectivity index (χ0v) is 10.1. The van der Waals surface area contributed by atoms with E-state index in [1.807, 2.05) is 23.6 Å². The number of carbonyl (C=O) groups excluding carboxylic acids is 1. The SMILES string of the molecule is C[C@@H]1[C@H](/C=N\NC(N)=O)C(=N)C(C#N)C1(C#N)C#N. The van der Waals surface area contributed by atoms with E-state index in [0.29, 0.717) is 0 Å². The Kier molecular flexibility index (Phi) is 3.84. The Bertz CT molecular complexity index is 545. The number of urea groups is 1. The van der Waals surface area contributed by atoms with Crippen LogP contribution in [0.5, 0.6) is 0 Å². The van der Waals surface area contributed by atoms with E-state index in [1.165, 1.54) is 6.21 Å². The summed E-state index contributed by atoms with van der Waals surface area (Å²) in [6.45, 7) is 1.60. The monoisotopic (exact) mass is 257 g/mol. The minimum atomic E-state index is -1.57. The highest BCUT2D eigenvalue weighted by Gasteiger charge is 2.57. The summed E-state index contributed by atoms with van der Waals surface area (Å²) in [5.74, 6) is -2.36. The van der Waals surface area contributed by atoms with Gasteiger partial charge in [-0.25, -0.2) is 10.2 Å². The Hall–Kier alpha value is -2.92. The van der Waals surface area contributed by atoms with Crippen LogP contribution in [0.1, 0.15) is 6.92 Å². The van der Waals surface area contributed by atoms with Crippen LogP contribution in [0.3, 0.4) is 0 Å². The first-order valence-corrected chi connectivity index (χ1v) is 5.33. The van der Waals surface area contributed by atoms with Gasteiger partial charge in [0.15, 0.2) is 5.41 Å². The third kappa shape index (κ3) is 2.10. The van der Waals surface area contributed by atoms with Gasteiger partial charge < -0.3 is 11.1 Å². The van der Waals surface area contributed by atoms with Crippen LogP contribution in [-0.4, -0.2) is 18.0 Å². The molecule has 1 fully saturated rings. The second-order valence-corrected chi connectivity index (χ2v) is 4.18. The quantitative estimate of drug-likeness (QED) is 0.472. The molecule has 0 aromatic heterocycles. The molecule has 19 heavy (non-hydrogen) atoms. The number of nitriles is 3. The summed E-state index contributed by atoms with van der Waals surface area (Å²) in [5, 5.41) is 38.8. The molecule has 0 aliphatic heterocycles. The molecule has 8 heteroatoms. The van der Waals surface area contributed by atoms with E-state index in [2.05, 4.69) is 5.10 Å². The topological polar surface area (TPSA) is 163 Å². The molecule has 1 aliphatic carbocycles. The number of nitrogens with two attached hydrogens (primary N) is 1. The van der Waals surface area contributed by atoms with Gasteiger partial charge in [-0.05, 0) is 0 Å². The molecule has 0 bridgehead atoms. The minimum absolute atomic E-state index is 0.0619. The van der Waals surface area contributed by atoms with Crippen LogP contribution in [0.25, 0.3) is 0 Å². The van der Waals surface area contributed by atoms with Crippen molar-refractivity contribution in [3.63, 3.8) is 0 Å². The van der Waals surface area contributed by atoms with Crippen molar-refractivity contribution in [1.82, 2.24) is 5.43 Å². The Balaban J connectivity index is 3.13. The summed E-state index contributed by atoms with van der Waals surface area (Å²) >= 11 is 0. The Morgan fingerprint density at radius 3 is 2.47 bits per heavy atom. The van der Waals surface area contributed by atoms with Crippen LogP contribution in [0.2, 0.25) is 0 Å². The first-order chi connectivity index (χ1) is 8.94. The first kappa shape index (κ1) is 14.1. The van der Waals surface area contributed by atoms with Gasteiger partial charge >= 0.3 is 6.03 Å². The van der Waals surface area contributed by atoms with Crippen molar-refractivity contribution in [2.45, 2.75) is 6.92 Å². The fraction of sp³-hybridized carbons (Fsp3) is 0.455. The van der Waals surface area contributed by atoms with E-state index in [1.54, 1.807) is 6.92 Å². The molecule has 96 valence electrons. The Labute approximate surface area is 109 Å². The number of rotatable bonds is 2. The highest BCUT2D eigenvalue weighted by atomic mass is 16.2. The zero-order chi connectivity index (χ0) is 14.6. The van der Waals surface area contributed by atoms with Crippen molar-refractivity contribution in [2.24, 2.45) is 34.0 Å². The summed E-state index contributed by atoms with van der Waals surface area (Å²) < 4.78 is 0. The summed E-state index contributed by atoms with van der Waals surface area (Å²) in [4.78, 5) is 10.5. The van der Waals surface area contributed by atoms with Gasteiger partial charge in [-0.15, -0.1) is 0 Å². The summed E-state index contributed by atoms with van der Waals surface area (Å²) in [6, 6.07) is 4.64. The molecule has 8 nitrogen and oxygen atoms in total. The lowest BCUT2D eigenvalue weighted by Gasteiger charge is -2.20. The second kappa shape index (κ2) is 5.16. The van der Waals surface area contributed by atoms with Crippen molar-refractivity contribution in [2.75, 3.05) is 0 Å².